The molecular formula is C12H8BrF3N2O. The largest absolute Gasteiger partial charge is 0.419 e. The molecule has 0 N–H and O–H groups in total. The van der Waals surface area contributed by atoms with Gasteiger partial charge in [-0.2, -0.15) is 18.3 Å². The maximum Gasteiger partial charge on any atom is 0.419 e. The predicted molar refractivity (Wildman–Crippen MR) is 66.3 cm³/mol. The summed E-state index contributed by atoms with van der Waals surface area (Å²) in [6.07, 6.45) is -2.77. The van der Waals surface area contributed by atoms with E-state index in [1.165, 1.54) is 19.1 Å². The molecule has 0 fully saturated rings. The van der Waals surface area contributed by atoms with Gasteiger partial charge in [-0.15, -0.1) is 0 Å². The molecular weight excluding hydrogens is 325 g/mol. The van der Waals surface area contributed by atoms with Crippen molar-refractivity contribution in [2.24, 2.45) is 0 Å². The zero-order chi connectivity index (χ0) is 14.2. The fourth-order valence-electron chi connectivity index (χ4n) is 1.54. The van der Waals surface area contributed by atoms with Gasteiger partial charge in [0.25, 0.3) is 0 Å². The minimum absolute atomic E-state index is 0.130. The summed E-state index contributed by atoms with van der Waals surface area (Å²) in [5.74, 6) is -0.130. The SMILES string of the molecule is CC(=O)c1ccc(-n2cc(C(F)(F)F)cn2)cc1Br. The van der Waals surface area contributed by atoms with E-state index in [1.54, 1.807) is 6.07 Å². The van der Waals surface area contributed by atoms with Crippen LogP contribution in [-0.4, -0.2) is 15.6 Å². The van der Waals surface area contributed by atoms with E-state index >= 15 is 0 Å². The third kappa shape index (κ3) is 2.86. The average molecular weight is 333 g/mol. The van der Waals surface area contributed by atoms with Gasteiger partial charge in [-0.1, -0.05) is 0 Å². The van der Waals surface area contributed by atoms with Gasteiger partial charge >= 0.3 is 6.18 Å². The Labute approximate surface area is 115 Å². The number of carbonyl (C=O) groups is 1. The van der Waals surface area contributed by atoms with Crippen molar-refractivity contribution >= 4 is 21.7 Å². The molecule has 0 radical (unpaired) electrons. The van der Waals surface area contributed by atoms with Crippen LogP contribution in [0.3, 0.4) is 0 Å². The number of carbonyl (C=O) groups excluding carboxylic acids is 1. The summed E-state index contributed by atoms with van der Waals surface area (Å²) >= 11 is 3.21. The summed E-state index contributed by atoms with van der Waals surface area (Å²) in [7, 11) is 0. The number of hydrogen-bond donors (Lipinski definition) is 0. The fraction of sp³-hybridized carbons (Fsp3) is 0.167. The van der Waals surface area contributed by atoms with Crippen LogP contribution in [0.15, 0.2) is 35.1 Å². The summed E-state index contributed by atoms with van der Waals surface area (Å²) in [5.41, 5.74) is 0.0820. The van der Waals surface area contributed by atoms with Gasteiger partial charge in [-0.25, -0.2) is 4.68 Å². The van der Waals surface area contributed by atoms with E-state index in [-0.39, 0.29) is 5.78 Å². The fourth-order valence-corrected chi connectivity index (χ4v) is 2.19. The van der Waals surface area contributed by atoms with Gasteiger partial charge in [0.15, 0.2) is 5.78 Å². The molecule has 19 heavy (non-hydrogen) atoms. The number of halogens is 4. The number of aromatic nitrogens is 2. The van der Waals surface area contributed by atoms with Gasteiger partial charge in [0, 0.05) is 16.2 Å². The molecule has 0 amide bonds. The van der Waals surface area contributed by atoms with Crippen LogP contribution >= 0.6 is 15.9 Å². The molecule has 0 aliphatic carbocycles. The number of Topliss-reactive ketones (excluding diaryl/α,β-unsaturated/α-hetero) is 1. The topological polar surface area (TPSA) is 34.9 Å². The van der Waals surface area contributed by atoms with Crippen molar-refractivity contribution in [1.29, 1.82) is 0 Å². The normalized spacial score (nSPS) is 11.6. The molecule has 0 spiro atoms. The molecule has 0 saturated carbocycles. The molecule has 100 valence electrons. The first kappa shape index (κ1) is 13.8. The van der Waals surface area contributed by atoms with Crippen LogP contribution in [0.1, 0.15) is 22.8 Å². The maximum atomic E-state index is 12.5. The Hall–Kier alpha value is -1.63. The lowest BCUT2D eigenvalue weighted by molar-refractivity contribution is -0.137. The summed E-state index contributed by atoms with van der Waals surface area (Å²) in [5, 5.41) is 3.66. The highest BCUT2D eigenvalue weighted by molar-refractivity contribution is 9.10. The van der Waals surface area contributed by atoms with Crippen molar-refractivity contribution in [3.8, 4) is 5.69 Å². The predicted octanol–water partition coefficient (Wildman–Crippen LogP) is 3.86. The molecule has 2 aromatic rings. The van der Waals surface area contributed by atoms with E-state index in [2.05, 4.69) is 21.0 Å². The number of rotatable bonds is 2. The second kappa shape index (κ2) is 4.80. The lowest BCUT2D eigenvalue weighted by atomic mass is 10.1. The van der Waals surface area contributed by atoms with Crippen molar-refractivity contribution in [3.63, 3.8) is 0 Å². The lowest BCUT2D eigenvalue weighted by Crippen LogP contribution is -2.03. The second-order valence-corrected chi connectivity index (χ2v) is 4.75. The standard InChI is InChI=1S/C12H8BrF3N2O/c1-7(19)10-3-2-9(4-11(10)13)18-6-8(5-17-18)12(14,15)16/h2-6H,1H3. The van der Waals surface area contributed by atoms with Gasteiger partial charge in [0.05, 0.1) is 17.4 Å². The van der Waals surface area contributed by atoms with Gasteiger partial charge < -0.3 is 0 Å². The zero-order valence-corrected chi connectivity index (χ0v) is 11.3. The first-order valence-corrected chi connectivity index (χ1v) is 6.01. The molecule has 3 nitrogen and oxygen atoms in total. The first-order valence-electron chi connectivity index (χ1n) is 5.22. The number of alkyl halides is 3. The van der Waals surface area contributed by atoms with Crippen LogP contribution in [0.5, 0.6) is 0 Å². The van der Waals surface area contributed by atoms with Crippen molar-refractivity contribution in [1.82, 2.24) is 9.78 Å². The highest BCUT2D eigenvalue weighted by Crippen LogP contribution is 2.29. The Morgan fingerprint density at radius 2 is 2.05 bits per heavy atom. The number of benzene rings is 1. The van der Waals surface area contributed by atoms with Crippen LogP contribution in [0.2, 0.25) is 0 Å². The van der Waals surface area contributed by atoms with Gasteiger partial charge in [-0.05, 0) is 41.1 Å². The van der Waals surface area contributed by atoms with Gasteiger partial charge in [0.2, 0.25) is 0 Å². The Morgan fingerprint density at radius 3 is 2.53 bits per heavy atom. The third-order valence-electron chi connectivity index (χ3n) is 2.51. The molecule has 1 aromatic carbocycles. The minimum atomic E-state index is -4.42. The Balaban J connectivity index is 2.40. The number of hydrogen-bond acceptors (Lipinski definition) is 2. The molecule has 1 aromatic heterocycles. The van der Waals surface area contributed by atoms with Crippen molar-refractivity contribution in [2.45, 2.75) is 13.1 Å². The van der Waals surface area contributed by atoms with Crippen LogP contribution < -0.4 is 0 Å². The lowest BCUT2D eigenvalue weighted by Gasteiger charge is -2.05. The molecule has 2 rings (SSSR count). The van der Waals surface area contributed by atoms with Crippen molar-refractivity contribution < 1.29 is 18.0 Å². The molecule has 0 aliphatic heterocycles. The van der Waals surface area contributed by atoms with E-state index in [9.17, 15) is 18.0 Å². The zero-order valence-electron chi connectivity index (χ0n) is 9.70. The molecule has 0 saturated heterocycles. The first-order chi connectivity index (χ1) is 8.79. The van der Waals surface area contributed by atoms with Crippen molar-refractivity contribution in [3.05, 3.63) is 46.2 Å². The molecule has 0 aliphatic rings. The van der Waals surface area contributed by atoms with Gasteiger partial charge in [-0.3, -0.25) is 4.79 Å². The van der Waals surface area contributed by atoms with E-state index < -0.39 is 11.7 Å². The Kier molecular flexibility index (Phi) is 3.49. The van der Waals surface area contributed by atoms with Crippen LogP contribution in [0.25, 0.3) is 5.69 Å². The molecule has 1 heterocycles. The molecule has 0 bridgehead atoms. The van der Waals surface area contributed by atoms with Crippen molar-refractivity contribution in [2.75, 3.05) is 0 Å². The van der Waals surface area contributed by atoms with E-state index in [0.29, 0.717) is 15.7 Å². The van der Waals surface area contributed by atoms with Crippen LogP contribution in [-0.2, 0) is 6.18 Å². The molecule has 0 atom stereocenters. The smallest absolute Gasteiger partial charge is 0.294 e. The summed E-state index contributed by atoms with van der Waals surface area (Å²) in [4.78, 5) is 11.2. The Morgan fingerprint density at radius 1 is 1.37 bits per heavy atom. The summed E-state index contributed by atoms with van der Waals surface area (Å²) < 4.78 is 39.0. The van der Waals surface area contributed by atoms with E-state index in [0.717, 1.165) is 17.1 Å². The minimum Gasteiger partial charge on any atom is -0.294 e. The monoisotopic (exact) mass is 332 g/mol. The van der Waals surface area contributed by atoms with Crippen LogP contribution in [0, 0.1) is 0 Å². The van der Waals surface area contributed by atoms with E-state index in [1.807, 2.05) is 0 Å². The summed E-state index contributed by atoms with van der Waals surface area (Å²) in [6.45, 7) is 1.41. The van der Waals surface area contributed by atoms with Gasteiger partial charge in [0.1, 0.15) is 0 Å². The maximum absolute atomic E-state index is 12.5. The Bertz CT molecular complexity index is 634. The molecule has 7 heteroatoms. The number of nitrogens with zero attached hydrogens (tertiary/aromatic N) is 2. The molecule has 0 unspecified atom stereocenters. The quantitative estimate of drug-likeness (QED) is 0.783. The average Bonchev–Trinajstić information content (AvgIpc) is 2.76. The second-order valence-electron chi connectivity index (χ2n) is 3.89. The highest BCUT2D eigenvalue weighted by atomic mass is 79.9. The van der Waals surface area contributed by atoms with E-state index in [4.69, 9.17) is 0 Å². The van der Waals surface area contributed by atoms with Crippen LogP contribution in [0.4, 0.5) is 13.2 Å². The highest BCUT2D eigenvalue weighted by Gasteiger charge is 2.32. The third-order valence-corrected chi connectivity index (χ3v) is 3.16. The summed E-state index contributed by atoms with van der Waals surface area (Å²) in [6, 6.07) is 4.62. The number of ketones is 1.